The lowest BCUT2D eigenvalue weighted by atomic mass is 10.4. The van der Waals surface area contributed by atoms with E-state index >= 15 is 0 Å². The zero-order valence-corrected chi connectivity index (χ0v) is 8.40. The summed E-state index contributed by atoms with van der Waals surface area (Å²) in [5.41, 5.74) is 1.97. The normalized spacial score (nSPS) is 10.7. The molecule has 0 aliphatic rings. The topological polar surface area (TPSA) is 43.9 Å². The van der Waals surface area contributed by atoms with Gasteiger partial charge in [-0.2, -0.15) is 0 Å². The van der Waals surface area contributed by atoms with E-state index in [2.05, 4.69) is 21.6 Å². The summed E-state index contributed by atoms with van der Waals surface area (Å²) in [6, 6.07) is 1.87. The van der Waals surface area contributed by atoms with E-state index in [0.29, 0.717) is 0 Å². The van der Waals surface area contributed by atoms with Crippen LogP contribution in [0.5, 0.6) is 0 Å². The first kappa shape index (κ1) is 8.99. The number of rotatable bonds is 3. The molecule has 0 N–H and O–H groups in total. The number of nitrogens with zero attached hydrogens (tertiary/aromatic N) is 3. The maximum Gasteiger partial charge on any atom is 0.124 e. The Morgan fingerprint density at radius 1 is 1.50 bits per heavy atom. The Morgan fingerprint density at radius 2 is 2.36 bits per heavy atom. The summed E-state index contributed by atoms with van der Waals surface area (Å²) in [6.07, 6.45) is 4.56. The zero-order valence-electron chi connectivity index (χ0n) is 8.40. The van der Waals surface area contributed by atoms with Crippen molar-refractivity contribution in [2.75, 3.05) is 0 Å². The Hall–Kier alpha value is -1.58. The van der Waals surface area contributed by atoms with E-state index in [0.717, 1.165) is 30.2 Å². The molecule has 0 aliphatic carbocycles. The van der Waals surface area contributed by atoms with Crippen LogP contribution in [-0.4, -0.2) is 14.7 Å². The first-order valence-electron chi connectivity index (χ1n) is 4.71. The van der Waals surface area contributed by atoms with E-state index < -0.39 is 0 Å². The molecule has 0 fully saturated rings. The maximum atomic E-state index is 4.78. The van der Waals surface area contributed by atoms with Crippen molar-refractivity contribution in [3.8, 4) is 0 Å². The van der Waals surface area contributed by atoms with Gasteiger partial charge >= 0.3 is 0 Å². The molecule has 0 radical (unpaired) electrons. The van der Waals surface area contributed by atoms with Gasteiger partial charge in [-0.1, -0.05) is 12.1 Å². The largest absolute Gasteiger partial charge is 0.364 e. The summed E-state index contributed by atoms with van der Waals surface area (Å²) in [5.74, 6) is 1.09. The van der Waals surface area contributed by atoms with Gasteiger partial charge in [0.2, 0.25) is 0 Å². The highest BCUT2D eigenvalue weighted by Gasteiger charge is 2.05. The van der Waals surface area contributed by atoms with Crippen LogP contribution in [0.2, 0.25) is 0 Å². The smallest absolute Gasteiger partial charge is 0.124 e. The van der Waals surface area contributed by atoms with Gasteiger partial charge < -0.3 is 9.09 Å². The quantitative estimate of drug-likeness (QED) is 0.742. The van der Waals surface area contributed by atoms with Crippen molar-refractivity contribution in [1.82, 2.24) is 14.7 Å². The lowest BCUT2D eigenvalue weighted by Crippen LogP contribution is -2.03. The summed E-state index contributed by atoms with van der Waals surface area (Å²) in [5, 5.41) is 3.87. The van der Waals surface area contributed by atoms with Crippen LogP contribution >= 0.6 is 0 Å². The molecular formula is C10H13N3O. The molecule has 2 aromatic heterocycles. The second-order valence-electron chi connectivity index (χ2n) is 3.27. The molecule has 0 spiro atoms. The van der Waals surface area contributed by atoms with Gasteiger partial charge in [-0.15, -0.1) is 0 Å². The van der Waals surface area contributed by atoms with E-state index in [1.807, 2.05) is 19.2 Å². The van der Waals surface area contributed by atoms with Crippen LogP contribution < -0.4 is 0 Å². The molecule has 0 amide bonds. The fraction of sp³-hybridized carbons (Fsp3) is 0.400. The third kappa shape index (κ3) is 1.69. The van der Waals surface area contributed by atoms with Gasteiger partial charge in [-0.25, -0.2) is 4.98 Å². The second-order valence-corrected chi connectivity index (χ2v) is 3.27. The molecule has 2 rings (SSSR count). The average molecular weight is 191 g/mol. The van der Waals surface area contributed by atoms with Crippen LogP contribution in [0.4, 0.5) is 0 Å². The molecule has 0 saturated carbocycles. The third-order valence-electron chi connectivity index (χ3n) is 2.12. The van der Waals surface area contributed by atoms with Crippen LogP contribution in [-0.2, 0) is 13.0 Å². The molecule has 14 heavy (non-hydrogen) atoms. The van der Waals surface area contributed by atoms with E-state index in [4.69, 9.17) is 4.52 Å². The predicted octanol–water partition coefficient (Wildman–Crippen LogP) is 1.79. The van der Waals surface area contributed by atoms with Crippen molar-refractivity contribution >= 4 is 0 Å². The standard InChI is InChI=1S/C10H13N3O/c1-3-10-11-8(2)6-13(10)7-9-4-5-14-12-9/h4-6H,3,7H2,1-2H3. The minimum absolute atomic E-state index is 0.737. The van der Waals surface area contributed by atoms with Crippen molar-refractivity contribution in [3.63, 3.8) is 0 Å². The Kier molecular flexibility index (Phi) is 2.35. The van der Waals surface area contributed by atoms with Gasteiger partial charge in [-0.3, -0.25) is 0 Å². The molecule has 74 valence electrons. The monoisotopic (exact) mass is 191 g/mol. The van der Waals surface area contributed by atoms with Crippen LogP contribution in [0.1, 0.15) is 24.1 Å². The molecular weight excluding hydrogens is 178 g/mol. The lowest BCUT2D eigenvalue weighted by Gasteiger charge is -2.02. The van der Waals surface area contributed by atoms with Crippen molar-refractivity contribution in [3.05, 3.63) is 35.7 Å². The van der Waals surface area contributed by atoms with E-state index in [1.54, 1.807) is 6.26 Å². The van der Waals surface area contributed by atoms with Crippen molar-refractivity contribution in [2.24, 2.45) is 0 Å². The molecule has 4 heteroatoms. The first-order chi connectivity index (χ1) is 6.79. The van der Waals surface area contributed by atoms with Gasteiger partial charge in [0.25, 0.3) is 0 Å². The van der Waals surface area contributed by atoms with Crippen molar-refractivity contribution in [1.29, 1.82) is 0 Å². The molecule has 4 nitrogen and oxygen atoms in total. The summed E-state index contributed by atoms with van der Waals surface area (Å²) < 4.78 is 6.89. The Labute approximate surface area is 82.6 Å². The summed E-state index contributed by atoms with van der Waals surface area (Å²) in [7, 11) is 0. The van der Waals surface area contributed by atoms with E-state index in [-0.39, 0.29) is 0 Å². The summed E-state index contributed by atoms with van der Waals surface area (Å²) in [6.45, 7) is 4.83. The Balaban J connectivity index is 2.23. The Morgan fingerprint density at radius 3 is 3.00 bits per heavy atom. The predicted molar refractivity (Wildman–Crippen MR) is 51.9 cm³/mol. The first-order valence-corrected chi connectivity index (χ1v) is 4.71. The molecule has 0 atom stereocenters. The molecule has 0 unspecified atom stereocenters. The Bertz CT molecular complexity index is 403. The molecule has 0 aromatic carbocycles. The van der Waals surface area contributed by atoms with Gasteiger partial charge in [-0.05, 0) is 6.92 Å². The highest BCUT2D eigenvalue weighted by Crippen LogP contribution is 2.06. The number of imidazole rings is 1. The minimum Gasteiger partial charge on any atom is -0.364 e. The van der Waals surface area contributed by atoms with Gasteiger partial charge in [0.05, 0.1) is 12.2 Å². The number of aryl methyl sites for hydroxylation is 2. The summed E-state index contributed by atoms with van der Waals surface area (Å²) >= 11 is 0. The molecule has 0 saturated heterocycles. The van der Waals surface area contributed by atoms with Gasteiger partial charge in [0.15, 0.2) is 0 Å². The number of hydrogen-bond donors (Lipinski definition) is 0. The molecule has 0 aliphatic heterocycles. The average Bonchev–Trinajstić information content (AvgIpc) is 2.76. The highest BCUT2D eigenvalue weighted by atomic mass is 16.5. The fourth-order valence-electron chi connectivity index (χ4n) is 1.51. The van der Waals surface area contributed by atoms with Crippen LogP contribution in [0, 0.1) is 6.92 Å². The van der Waals surface area contributed by atoms with Crippen molar-refractivity contribution in [2.45, 2.75) is 26.8 Å². The maximum absolute atomic E-state index is 4.78. The van der Waals surface area contributed by atoms with Gasteiger partial charge in [0, 0.05) is 18.7 Å². The lowest BCUT2D eigenvalue weighted by molar-refractivity contribution is 0.409. The van der Waals surface area contributed by atoms with Crippen molar-refractivity contribution < 1.29 is 4.52 Å². The third-order valence-corrected chi connectivity index (χ3v) is 2.12. The van der Waals surface area contributed by atoms with Crippen LogP contribution in [0.25, 0.3) is 0 Å². The molecule has 2 aromatic rings. The minimum atomic E-state index is 0.737. The van der Waals surface area contributed by atoms with E-state index in [9.17, 15) is 0 Å². The molecule has 0 bridgehead atoms. The number of hydrogen-bond acceptors (Lipinski definition) is 3. The van der Waals surface area contributed by atoms with E-state index in [1.165, 1.54) is 0 Å². The summed E-state index contributed by atoms with van der Waals surface area (Å²) in [4.78, 5) is 4.41. The van der Waals surface area contributed by atoms with Crippen LogP contribution in [0.15, 0.2) is 23.0 Å². The molecule has 2 heterocycles. The fourth-order valence-corrected chi connectivity index (χ4v) is 1.51. The zero-order chi connectivity index (χ0) is 9.97. The van der Waals surface area contributed by atoms with Gasteiger partial charge in [0.1, 0.15) is 17.8 Å². The number of aromatic nitrogens is 3. The highest BCUT2D eigenvalue weighted by molar-refractivity contribution is 5.06. The van der Waals surface area contributed by atoms with Crippen LogP contribution in [0.3, 0.4) is 0 Å². The SMILES string of the molecule is CCc1nc(C)cn1Cc1ccon1. The second kappa shape index (κ2) is 3.65.